The molecule has 6 N–H and O–H groups in total. The lowest BCUT2D eigenvalue weighted by Gasteiger charge is -1.98. The molecule has 0 fully saturated rings. The third kappa shape index (κ3) is 3.61. The van der Waals surface area contributed by atoms with E-state index in [2.05, 4.69) is 9.98 Å². The molecule has 0 saturated heterocycles. The summed E-state index contributed by atoms with van der Waals surface area (Å²) in [5, 5.41) is 10.5. The summed E-state index contributed by atoms with van der Waals surface area (Å²) in [4.78, 5) is 17.2. The molecule has 0 aromatic heterocycles. The van der Waals surface area contributed by atoms with Crippen LogP contribution in [-0.2, 0) is 0 Å². The molecule has 0 aliphatic heterocycles. The van der Waals surface area contributed by atoms with Gasteiger partial charge in [0.05, 0.1) is 10.6 Å². The second-order valence-electron chi connectivity index (χ2n) is 2.90. The van der Waals surface area contributed by atoms with Crippen molar-refractivity contribution in [3.63, 3.8) is 0 Å². The van der Waals surface area contributed by atoms with Gasteiger partial charge >= 0.3 is 0 Å². The molecule has 0 amide bonds. The van der Waals surface area contributed by atoms with E-state index in [9.17, 15) is 10.1 Å². The Balaban J connectivity index is 3.07. The maximum atomic E-state index is 10.5. The monoisotopic (exact) mass is 256 g/mol. The number of nitro benzene ring substituents is 1. The maximum Gasteiger partial charge on any atom is 0.288 e. The van der Waals surface area contributed by atoms with Crippen molar-refractivity contribution < 1.29 is 4.92 Å². The summed E-state index contributed by atoms with van der Waals surface area (Å²) in [7, 11) is 0. The Kier molecular flexibility index (Phi) is 3.83. The molecule has 0 bridgehead atoms. The first kappa shape index (κ1) is 12.7. The molecule has 17 heavy (non-hydrogen) atoms. The van der Waals surface area contributed by atoms with E-state index in [1.807, 2.05) is 0 Å². The average molecular weight is 257 g/mol. The standard InChI is InChI=1S/C8H9ClN6O2/c9-5-3-4(1-2-6(5)15(16)17)13-8(12)14-7(10)11/h1-3H,(H6,10,11,12,13,14). The smallest absolute Gasteiger partial charge is 0.288 e. The molecule has 0 radical (unpaired) electrons. The van der Waals surface area contributed by atoms with Crippen LogP contribution in [0.3, 0.4) is 0 Å². The number of guanidine groups is 2. The quantitative estimate of drug-likeness (QED) is 0.305. The lowest BCUT2D eigenvalue weighted by Crippen LogP contribution is -2.26. The molecule has 0 atom stereocenters. The molecule has 0 spiro atoms. The largest absolute Gasteiger partial charge is 0.370 e. The average Bonchev–Trinajstić information content (AvgIpc) is 2.15. The Hall–Kier alpha value is -2.35. The van der Waals surface area contributed by atoms with E-state index >= 15 is 0 Å². The van der Waals surface area contributed by atoms with Gasteiger partial charge in [0, 0.05) is 6.07 Å². The second kappa shape index (κ2) is 5.12. The normalized spacial score (nSPS) is 11.0. The van der Waals surface area contributed by atoms with E-state index < -0.39 is 4.92 Å². The zero-order valence-corrected chi connectivity index (χ0v) is 9.26. The van der Waals surface area contributed by atoms with Crippen LogP contribution < -0.4 is 17.2 Å². The van der Waals surface area contributed by atoms with Crippen molar-refractivity contribution in [1.29, 1.82) is 0 Å². The molecule has 1 aromatic carbocycles. The molecular weight excluding hydrogens is 248 g/mol. The van der Waals surface area contributed by atoms with Crippen molar-refractivity contribution in [3.05, 3.63) is 33.3 Å². The van der Waals surface area contributed by atoms with E-state index in [-0.39, 0.29) is 22.6 Å². The lowest BCUT2D eigenvalue weighted by atomic mass is 10.3. The molecular formula is C8H9ClN6O2. The summed E-state index contributed by atoms with van der Waals surface area (Å²) in [6.45, 7) is 0. The van der Waals surface area contributed by atoms with E-state index in [1.165, 1.54) is 18.2 Å². The summed E-state index contributed by atoms with van der Waals surface area (Å²) in [5.74, 6) is -0.408. The van der Waals surface area contributed by atoms with Gasteiger partial charge in [0.15, 0.2) is 5.96 Å². The molecule has 0 unspecified atom stereocenters. The van der Waals surface area contributed by atoms with Gasteiger partial charge < -0.3 is 17.2 Å². The Morgan fingerprint density at radius 1 is 1.35 bits per heavy atom. The zero-order chi connectivity index (χ0) is 13.0. The lowest BCUT2D eigenvalue weighted by molar-refractivity contribution is -0.384. The van der Waals surface area contributed by atoms with Gasteiger partial charge in [-0.2, -0.15) is 4.99 Å². The number of benzene rings is 1. The third-order valence-corrected chi connectivity index (χ3v) is 1.92. The predicted octanol–water partition coefficient (Wildman–Crippen LogP) is 0.468. The van der Waals surface area contributed by atoms with Crippen LogP contribution in [0, 0.1) is 10.1 Å². The van der Waals surface area contributed by atoms with Gasteiger partial charge in [-0.25, -0.2) is 4.99 Å². The molecule has 0 heterocycles. The van der Waals surface area contributed by atoms with Gasteiger partial charge in [0.1, 0.15) is 5.02 Å². The highest BCUT2D eigenvalue weighted by molar-refractivity contribution is 6.32. The second-order valence-corrected chi connectivity index (χ2v) is 3.31. The van der Waals surface area contributed by atoms with Crippen molar-refractivity contribution in [2.45, 2.75) is 0 Å². The minimum absolute atomic E-state index is 0.0475. The number of nitro groups is 1. The van der Waals surface area contributed by atoms with Gasteiger partial charge in [-0.15, -0.1) is 0 Å². The summed E-state index contributed by atoms with van der Waals surface area (Å²) in [6, 6.07) is 3.87. The molecule has 1 rings (SSSR count). The van der Waals surface area contributed by atoms with Crippen molar-refractivity contribution in [3.8, 4) is 0 Å². The van der Waals surface area contributed by atoms with Gasteiger partial charge in [-0.3, -0.25) is 10.1 Å². The highest BCUT2D eigenvalue weighted by Gasteiger charge is 2.11. The van der Waals surface area contributed by atoms with Crippen LogP contribution in [0.15, 0.2) is 28.2 Å². The highest BCUT2D eigenvalue weighted by atomic mass is 35.5. The predicted molar refractivity (Wildman–Crippen MR) is 65.2 cm³/mol. The minimum atomic E-state index is -0.602. The third-order valence-electron chi connectivity index (χ3n) is 1.62. The van der Waals surface area contributed by atoms with E-state index in [0.717, 1.165) is 0 Å². The van der Waals surface area contributed by atoms with Crippen LogP contribution in [0.1, 0.15) is 0 Å². The topological polar surface area (TPSA) is 146 Å². The molecule has 90 valence electrons. The van der Waals surface area contributed by atoms with Crippen molar-refractivity contribution in [1.82, 2.24) is 0 Å². The maximum absolute atomic E-state index is 10.5. The SMILES string of the molecule is NC(N)=NC(N)=Nc1ccc([N+](=O)[O-])c(Cl)c1. The fourth-order valence-corrected chi connectivity index (χ4v) is 1.25. The molecule has 0 aliphatic rings. The first-order chi connectivity index (χ1) is 7.90. The summed E-state index contributed by atoms with van der Waals surface area (Å²) in [6.07, 6.45) is 0. The summed E-state index contributed by atoms with van der Waals surface area (Å²) >= 11 is 5.68. The van der Waals surface area contributed by atoms with Crippen LogP contribution in [0.25, 0.3) is 0 Å². The number of rotatable bonds is 2. The Morgan fingerprint density at radius 2 is 2.00 bits per heavy atom. The number of halogens is 1. The highest BCUT2D eigenvalue weighted by Crippen LogP contribution is 2.28. The van der Waals surface area contributed by atoms with Crippen LogP contribution in [0.4, 0.5) is 11.4 Å². The number of nitrogens with zero attached hydrogens (tertiary/aromatic N) is 3. The minimum Gasteiger partial charge on any atom is -0.370 e. The molecule has 8 nitrogen and oxygen atoms in total. The van der Waals surface area contributed by atoms with Gasteiger partial charge in [0.25, 0.3) is 5.69 Å². The molecule has 0 saturated carbocycles. The Labute approximate surface area is 101 Å². The van der Waals surface area contributed by atoms with Gasteiger partial charge in [0.2, 0.25) is 5.96 Å². The van der Waals surface area contributed by atoms with Crippen molar-refractivity contribution >= 4 is 34.9 Å². The van der Waals surface area contributed by atoms with E-state index in [0.29, 0.717) is 5.69 Å². The molecule has 0 aliphatic carbocycles. The van der Waals surface area contributed by atoms with E-state index in [1.54, 1.807) is 0 Å². The Morgan fingerprint density at radius 3 is 2.47 bits per heavy atom. The summed E-state index contributed by atoms with van der Waals surface area (Å²) < 4.78 is 0. The number of hydrogen-bond acceptors (Lipinski definition) is 3. The van der Waals surface area contributed by atoms with Crippen molar-refractivity contribution in [2.24, 2.45) is 27.2 Å². The fourth-order valence-electron chi connectivity index (χ4n) is 1.00. The van der Waals surface area contributed by atoms with Crippen LogP contribution in [0.5, 0.6) is 0 Å². The van der Waals surface area contributed by atoms with Crippen LogP contribution in [-0.4, -0.2) is 16.8 Å². The molecule has 9 heteroatoms. The van der Waals surface area contributed by atoms with Gasteiger partial charge in [-0.1, -0.05) is 11.6 Å². The van der Waals surface area contributed by atoms with Crippen molar-refractivity contribution in [2.75, 3.05) is 0 Å². The van der Waals surface area contributed by atoms with Crippen LogP contribution >= 0.6 is 11.6 Å². The fraction of sp³-hybridized carbons (Fsp3) is 0. The first-order valence-corrected chi connectivity index (χ1v) is 4.65. The number of hydrogen-bond donors (Lipinski definition) is 3. The van der Waals surface area contributed by atoms with Gasteiger partial charge in [-0.05, 0) is 12.1 Å². The molecule has 1 aromatic rings. The Bertz CT molecular complexity index is 509. The first-order valence-electron chi connectivity index (χ1n) is 4.28. The summed E-state index contributed by atoms with van der Waals surface area (Å²) in [5.41, 5.74) is 15.7. The number of nitrogens with two attached hydrogens (primary N) is 3. The van der Waals surface area contributed by atoms with E-state index in [4.69, 9.17) is 28.8 Å². The zero-order valence-electron chi connectivity index (χ0n) is 8.50. The number of aliphatic imine (C=N–C) groups is 2. The van der Waals surface area contributed by atoms with Crippen LogP contribution in [0.2, 0.25) is 5.02 Å².